The molecule has 2 N–H and O–H groups in total. The van der Waals surface area contributed by atoms with Crippen molar-refractivity contribution in [1.82, 2.24) is 0 Å². The summed E-state index contributed by atoms with van der Waals surface area (Å²) in [7, 11) is 0. The monoisotopic (exact) mass is 437 g/mol. The van der Waals surface area contributed by atoms with Crippen LogP contribution in [0.25, 0.3) is 0 Å². The molecule has 1 unspecified atom stereocenters. The highest BCUT2D eigenvalue weighted by molar-refractivity contribution is 9.11. The molecule has 0 aliphatic heterocycles. The average molecular weight is 440 g/mol. The molecule has 2 aromatic rings. The largest absolute Gasteiger partial charge is 0.320 e. The van der Waals surface area contributed by atoms with Crippen LogP contribution in [0.15, 0.2) is 37.0 Å². The van der Waals surface area contributed by atoms with E-state index in [1.54, 1.807) is 11.3 Å². The van der Waals surface area contributed by atoms with Crippen molar-refractivity contribution in [3.63, 3.8) is 0 Å². The van der Waals surface area contributed by atoms with E-state index in [0.717, 1.165) is 18.3 Å². The smallest absolute Gasteiger partial charge is 0.0704 e. The van der Waals surface area contributed by atoms with E-state index in [1.165, 1.54) is 10.4 Å². The molecular weight excluding hydrogens is 430 g/mol. The topological polar surface area (TPSA) is 26.0 Å². The SMILES string of the molecule is Cc1sc(Br)cc1C(N)c1ccc(Br)cc1Br. The van der Waals surface area contributed by atoms with Gasteiger partial charge in [0.05, 0.1) is 9.83 Å². The lowest BCUT2D eigenvalue weighted by Crippen LogP contribution is -2.12. The number of nitrogens with two attached hydrogens (primary N) is 1. The van der Waals surface area contributed by atoms with Crippen LogP contribution < -0.4 is 5.73 Å². The number of hydrogen-bond donors (Lipinski definition) is 1. The zero-order valence-corrected chi connectivity index (χ0v) is 14.6. The lowest BCUT2D eigenvalue weighted by molar-refractivity contribution is 0.863. The zero-order chi connectivity index (χ0) is 12.6. The fourth-order valence-electron chi connectivity index (χ4n) is 1.69. The van der Waals surface area contributed by atoms with Crippen molar-refractivity contribution in [2.24, 2.45) is 5.73 Å². The van der Waals surface area contributed by atoms with Gasteiger partial charge in [-0.15, -0.1) is 11.3 Å². The molecule has 1 heterocycles. The van der Waals surface area contributed by atoms with Gasteiger partial charge in [-0.05, 0) is 52.2 Å². The van der Waals surface area contributed by atoms with Crippen LogP contribution >= 0.6 is 59.1 Å². The van der Waals surface area contributed by atoms with Crippen molar-refractivity contribution in [3.05, 3.63) is 53.0 Å². The first-order valence-corrected chi connectivity index (χ1v) is 8.15. The van der Waals surface area contributed by atoms with E-state index < -0.39 is 0 Å². The lowest BCUT2D eigenvalue weighted by Gasteiger charge is -2.14. The summed E-state index contributed by atoms with van der Waals surface area (Å²) >= 11 is 12.2. The Morgan fingerprint density at radius 2 is 1.82 bits per heavy atom. The first-order valence-electron chi connectivity index (χ1n) is 4.95. The fraction of sp³-hybridized carbons (Fsp3) is 0.167. The maximum absolute atomic E-state index is 6.32. The van der Waals surface area contributed by atoms with E-state index in [1.807, 2.05) is 18.2 Å². The Hall–Kier alpha value is 0.320. The molecule has 90 valence electrons. The van der Waals surface area contributed by atoms with Crippen LogP contribution in [0, 0.1) is 6.92 Å². The summed E-state index contributed by atoms with van der Waals surface area (Å²) in [6.45, 7) is 2.09. The van der Waals surface area contributed by atoms with E-state index in [-0.39, 0.29) is 6.04 Å². The molecular formula is C12H10Br3NS. The van der Waals surface area contributed by atoms with Gasteiger partial charge >= 0.3 is 0 Å². The molecule has 0 amide bonds. The third kappa shape index (κ3) is 3.01. The van der Waals surface area contributed by atoms with Gasteiger partial charge in [-0.2, -0.15) is 0 Å². The molecule has 0 aliphatic rings. The summed E-state index contributed by atoms with van der Waals surface area (Å²) in [5.41, 5.74) is 8.59. The number of thiophene rings is 1. The number of hydrogen-bond acceptors (Lipinski definition) is 2. The minimum Gasteiger partial charge on any atom is -0.320 e. The summed E-state index contributed by atoms with van der Waals surface area (Å²) < 4.78 is 3.19. The van der Waals surface area contributed by atoms with Crippen molar-refractivity contribution in [1.29, 1.82) is 0 Å². The highest BCUT2D eigenvalue weighted by atomic mass is 79.9. The Bertz CT molecular complexity index is 551. The number of benzene rings is 1. The molecule has 17 heavy (non-hydrogen) atoms. The predicted molar refractivity (Wildman–Crippen MR) is 84.6 cm³/mol. The maximum Gasteiger partial charge on any atom is 0.0704 e. The fourth-order valence-corrected chi connectivity index (χ4v) is 4.74. The molecule has 0 saturated carbocycles. The average Bonchev–Trinajstić information content (AvgIpc) is 2.57. The molecule has 1 aromatic heterocycles. The van der Waals surface area contributed by atoms with Crippen molar-refractivity contribution in [2.45, 2.75) is 13.0 Å². The summed E-state index contributed by atoms with van der Waals surface area (Å²) in [5, 5.41) is 0. The first kappa shape index (κ1) is 13.7. The van der Waals surface area contributed by atoms with Gasteiger partial charge in [0.2, 0.25) is 0 Å². The van der Waals surface area contributed by atoms with Crippen LogP contribution in [-0.4, -0.2) is 0 Å². The minimum absolute atomic E-state index is 0.0972. The van der Waals surface area contributed by atoms with E-state index in [0.29, 0.717) is 0 Å². The second-order valence-electron chi connectivity index (χ2n) is 3.71. The van der Waals surface area contributed by atoms with Crippen molar-refractivity contribution >= 4 is 59.1 Å². The van der Waals surface area contributed by atoms with Crippen molar-refractivity contribution in [3.8, 4) is 0 Å². The van der Waals surface area contributed by atoms with E-state index in [2.05, 4.69) is 60.8 Å². The van der Waals surface area contributed by atoms with Gasteiger partial charge < -0.3 is 5.73 Å². The summed E-state index contributed by atoms with van der Waals surface area (Å²) in [6.07, 6.45) is 0. The molecule has 0 saturated heterocycles. The molecule has 0 radical (unpaired) electrons. The van der Waals surface area contributed by atoms with Gasteiger partial charge in [-0.25, -0.2) is 0 Å². The van der Waals surface area contributed by atoms with Crippen LogP contribution in [0.1, 0.15) is 22.0 Å². The van der Waals surface area contributed by atoms with Gasteiger partial charge in [0.15, 0.2) is 0 Å². The highest BCUT2D eigenvalue weighted by Gasteiger charge is 2.16. The third-order valence-corrected chi connectivity index (χ3v) is 5.31. The van der Waals surface area contributed by atoms with Gasteiger partial charge in [-0.1, -0.05) is 37.9 Å². The van der Waals surface area contributed by atoms with Crippen LogP contribution in [0.4, 0.5) is 0 Å². The molecule has 2 rings (SSSR count). The summed E-state index contributed by atoms with van der Waals surface area (Å²) in [5.74, 6) is 0. The molecule has 1 nitrogen and oxygen atoms in total. The normalized spacial score (nSPS) is 12.8. The Kier molecular flexibility index (Phi) is 4.47. The Morgan fingerprint density at radius 3 is 2.35 bits per heavy atom. The lowest BCUT2D eigenvalue weighted by atomic mass is 10.0. The highest BCUT2D eigenvalue weighted by Crippen LogP contribution is 2.35. The molecule has 0 aliphatic carbocycles. The minimum atomic E-state index is -0.0972. The van der Waals surface area contributed by atoms with Crippen LogP contribution in [0.5, 0.6) is 0 Å². The predicted octanol–water partition coefficient (Wildman–Crippen LogP) is 5.39. The van der Waals surface area contributed by atoms with Crippen LogP contribution in [-0.2, 0) is 0 Å². The quantitative estimate of drug-likeness (QED) is 0.666. The van der Waals surface area contributed by atoms with Crippen LogP contribution in [0.3, 0.4) is 0 Å². The van der Waals surface area contributed by atoms with Gasteiger partial charge in [0.25, 0.3) is 0 Å². The number of rotatable bonds is 2. The number of aryl methyl sites for hydroxylation is 1. The Morgan fingerprint density at radius 1 is 1.12 bits per heavy atom. The molecule has 1 atom stereocenters. The second-order valence-corrected chi connectivity index (χ2v) is 8.11. The maximum atomic E-state index is 6.32. The summed E-state index contributed by atoms with van der Waals surface area (Å²) in [4.78, 5) is 1.25. The molecule has 5 heteroatoms. The molecule has 1 aromatic carbocycles. The standard InChI is InChI=1S/C12H10Br3NS/c1-6-9(5-11(15)17-6)12(16)8-3-2-7(13)4-10(8)14/h2-5,12H,16H2,1H3. The summed E-state index contributed by atoms with van der Waals surface area (Å²) in [6, 6.07) is 8.08. The van der Waals surface area contributed by atoms with Gasteiger partial charge in [0, 0.05) is 13.8 Å². The Labute approximate surface area is 130 Å². The first-order chi connectivity index (χ1) is 7.99. The molecule has 0 bridgehead atoms. The molecule has 0 spiro atoms. The third-order valence-electron chi connectivity index (χ3n) is 2.56. The van der Waals surface area contributed by atoms with Crippen LogP contribution in [0.2, 0.25) is 0 Å². The van der Waals surface area contributed by atoms with Crippen molar-refractivity contribution in [2.75, 3.05) is 0 Å². The van der Waals surface area contributed by atoms with Gasteiger partial charge in [-0.3, -0.25) is 0 Å². The van der Waals surface area contributed by atoms with Gasteiger partial charge in [0.1, 0.15) is 0 Å². The zero-order valence-electron chi connectivity index (χ0n) is 9.01. The number of halogens is 3. The molecule has 0 fully saturated rings. The second kappa shape index (κ2) is 5.53. The van der Waals surface area contributed by atoms with E-state index in [9.17, 15) is 0 Å². The Balaban J connectivity index is 2.43. The van der Waals surface area contributed by atoms with Crippen molar-refractivity contribution < 1.29 is 0 Å². The van der Waals surface area contributed by atoms with E-state index >= 15 is 0 Å². The van der Waals surface area contributed by atoms with E-state index in [4.69, 9.17) is 5.73 Å².